The van der Waals surface area contributed by atoms with Crippen LogP contribution in [0.5, 0.6) is 0 Å². The van der Waals surface area contributed by atoms with Gasteiger partial charge in [0.05, 0.1) is 0 Å². The Kier molecular flexibility index (Phi) is 5.47. The van der Waals surface area contributed by atoms with Gasteiger partial charge in [-0.2, -0.15) is 0 Å². The molecule has 0 bridgehead atoms. The first-order valence-corrected chi connectivity index (χ1v) is 5.97. The summed E-state index contributed by atoms with van der Waals surface area (Å²) in [7, 11) is 0. The van der Waals surface area contributed by atoms with Gasteiger partial charge in [0.2, 0.25) is 0 Å². The molecular weight excluding hydrogens is 202 g/mol. The summed E-state index contributed by atoms with van der Waals surface area (Å²) in [4.78, 5) is 9.00. The fraction of sp³-hybridized carbons (Fsp3) is 0.923. The minimum atomic E-state index is -0.833. The second-order valence-corrected chi connectivity index (χ2v) is 6.53. The highest BCUT2D eigenvalue weighted by molar-refractivity contribution is 5.62. The Morgan fingerprint density at radius 3 is 1.81 bits per heavy atom. The molecular formula is C13H27NO2. The van der Waals surface area contributed by atoms with Gasteiger partial charge in [-0.15, -0.1) is 0 Å². The molecule has 96 valence electrons. The SMILES string of the molecule is CC(=O)O.CC1(C)CC(CN)CC(C)(C)C1. The van der Waals surface area contributed by atoms with Gasteiger partial charge in [0.15, 0.2) is 0 Å². The Morgan fingerprint density at radius 1 is 1.25 bits per heavy atom. The van der Waals surface area contributed by atoms with Crippen LogP contribution in [-0.2, 0) is 4.79 Å². The molecule has 3 nitrogen and oxygen atoms in total. The van der Waals surface area contributed by atoms with Crippen LogP contribution in [0.4, 0.5) is 0 Å². The van der Waals surface area contributed by atoms with Gasteiger partial charge in [-0.1, -0.05) is 27.7 Å². The zero-order chi connectivity index (χ0) is 13.0. The summed E-state index contributed by atoms with van der Waals surface area (Å²) in [6.07, 6.45) is 3.97. The summed E-state index contributed by atoms with van der Waals surface area (Å²) in [6.45, 7) is 11.4. The van der Waals surface area contributed by atoms with Crippen LogP contribution < -0.4 is 5.73 Å². The molecule has 1 rings (SSSR count). The van der Waals surface area contributed by atoms with Crippen molar-refractivity contribution in [3.8, 4) is 0 Å². The topological polar surface area (TPSA) is 63.3 Å². The summed E-state index contributed by atoms with van der Waals surface area (Å²) in [5.41, 5.74) is 6.76. The van der Waals surface area contributed by atoms with E-state index in [0.717, 1.165) is 19.4 Å². The molecule has 0 amide bonds. The van der Waals surface area contributed by atoms with Gasteiger partial charge in [-0.3, -0.25) is 4.79 Å². The van der Waals surface area contributed by atoms with Crippen LogP contribution in [-0.4, -0.2) is 17.6 Å². The van der Waals surface area contributed by atoms with E-state index in [1.165, 1.54) is 19.3 Å². The largest absolute Gasteiger partial charge is 0.481 e. The summed E-state index contributed by atoms with van der Waals surface area (Å²) in [5.74, 6) is -0.0799. The summed E-state index contributed by atoms with van der Waals surface area (Å²) in [6, 6.07) is 0. The normalized spacial score (nSPS) is 23.1. The molecule has 1 fully saturated rings. The quantitative estimate of drug-likeness (QED) is 0.726. The number of carboxylic acids is 1. The highest BCUT2D eigenvalue weighted by Gasteiger charge is 2.37. The lowest BCUT2D eigenvalue weighted by atomic mass is 9.61. The number of rotatable bonds is 1. The zero-order valence-electron chi connectivity index (χ0n) is 11.3. The molecule has 0 saturated heterocycles. The van der Waals surface area contributed by atoms with E-state index in [4.69, 9.17) is 15.6 Å². The minimum Gasteiger partial charge on any atom is -0.481 e. The van der Waals surface area contributed by atoms with Gasteiger partial charge >= 0.3 is 0 Å². The Morgan fingerprint density at radius 2 is 1.56 bits per heavy atom. The van der Waals surface area contributed by atoms with Crippen LogP contribution in [0.2, 0.25) is 0 Å². The first-order valence-electron chi connectivity index (χ1n) is 5.97. The molecule has 0 heterocycles. The average Bonchev–Trinajstić information content (AvgIpc) is 1.96. The van der Waals surface area contributed by atoms with Gasteiger partial charge in [0.25, 0.3) is 5.97 Å². The van der Waals surface area contributed by atoms with Crippen molar-refractivity contribution in [3.05, 3.63) is 0 Å². The number of hydrogen-bond acceptors (Lipinski definition) is 2. The molecule has 0 aromatic heterocycles. The summed E-state index contributed by atoms with van der Waals surface area (Å²) >= 11 is 0. The molecule has 0 radical (unpaired) electrons. The Labute approximate surface area is 99.4 Å². The summed E-state index contributed by atoms with van der Waals surface area (Å²) < 4.78 is 0. The molecule has 16 heavy (non-hydrogen) atoms. The maximum atomic E-state index is 9.00. The van der Waals surface area contributed by atoms with E-state index >= 15 is 0 Å². The molecule has 1 saturated carbocycles. The lowest BCUT2D eigenvalue weighted by Crippen LogP contribution is -2.36. The third kappa shape index (κ3) is 6.83. The third-order valence-electron chi connectivity index (χ3n) is 2.97. The maximum absolute atomic E-state index is 9.00. The number of nitrogens with two attached hydrogens (primary N) is 1. The van der Waals surface area contributed by atoms with Crippen LogP contribution in [0.15, 0.2) is 0 Å². The van der Waals surface area contributed by atoms with E-state index in [1.807, 2.05) is 0 Å². The number of hydrogen-bond donors (Lipinski definition) is 2. The third-order valence-corrected chi connectivity index (χ3v) is 2.97. The highest BCUT2D eigenvalue weighted by Crippen LogP contribution is 2.47. The molecule has 0 atom stereocenters. The molecule has 0 aliphatic heterocycles. The fourth-order valence-electron chi connectivity index (χ4n) is 3.24. The fourth-order valence-corrected chi connectivity index (χ4v) is 3.24. The van der Waals surface area contributed by atoms with Crippen molar-refractivity contribution in [1.82, 2.24) is 0 Å². The predicted octanol–water partition coefficient (Wildman–Crippen LogP) is 2.89. The van der Waals surface area contributed by atoms with Crippen molar-refractivity contribution in [1.29, 1.82) is 0 Å². The van der Waals surface area contributed by atoms with Gasteiger partial charge in [0.1, 0.15) is 0 Å². The second-order valence-electron chi connectivity index (χ2n) is 6.53. The maximum Gasteiger partial charge on any atom is 0.300 e. The molecule has 0 spiro atoms. The molecule has 0 unspecified atom stereocenters. The molecule has 0 aromatic carbocycles. The number of carbonyl (C=O) groups is 1. The van der Waals surface area contributed by atoms with E-state index in [0.29, 0.717) is 10.8 Å². The van der Waals surface area contributed by atoms with Crippen LogP contribution in [0, 0.1) is 16.7 Å². The smallest absolute Gasteiger partial charge is 0.300 e. The predicted molar refractivity (Wildman–Crippen MR) is 67.3 cm³/mol. The van der Waals surface area contributed by atoms with Gasteiger partial charge in [-0.25, -0.2) is 0 Å². The van der Waals surface area contributed by atoms with E-state index in [9.17, 15) is 0 Å². The van der Waals surface area contributed by atoms with Crippen molar-refractivity contribution in [2.45, 2.75) is 53.9 Å². The van der Waals surface area contributed by atoms with Crippen molar-refractivity contribution in [3.63, 3.8) is 0 Å². The van der Waals surface area contributed by atoms with Gasteiger partial charge in [0, 0.05) is 6.92 Å². The first kappa shape index (κ1) is 15.4. The van der Waals surface area contributed by atoms with E-state index in [-0.39, 0.29) is 0 Å². The Bertz CT molecular complexity index is 214. The van der Waals surface area contributed by atoms with Gasteiger partial charge < -0.3 is 10.8 Å². The van der Waals surface area contributed by atoms with Crippen LogP contribution >= 0.6 is 0 Å². The van der Waals surface area contributed by atoms with E-state index < -0.39 is 5.97 Å². The van der Waals surface area contributed by atoms with Crippen molar-refractivity contribution in [2.24, 2.45) is 22.5 Å². The second kappa shape index (κ2) is 5.67. The number of carboxylic acid groups (broad SMARTS) is 1. The van der Waals surface area contributed by atoms with Gasteiger partial charge in [-0.05, 0) is 42.6 Å². The standard InChI is InChI=1S/C11H23N.C2H4O2/c1-10(2)5-9(7-12)6-11(3,4)8-10;1-2(3)4/h9H,5-8,12H2,1-4H3;1H3,(H,3,4). The Hall–Kier alpha value is -0.570. The number of aliphatic carboxylic acids is 1. The minimum absolute atomic E-state index is 0.506. The van der Waals surface area contributed by atoms with Crippen LogP contribution in [0.25, 0.3) is 0 Å². The molecule has 1 aliphatic rings. The zero-order valence-corrected chi connectivity index (χ0v) is 11.3. The highest BCUT2D eigenvalue weighted by atomic mass is 16.4. The molecule has 0 aromatic rings. The summed E-state index contributed by atoms with van der Waals surface area (Å²) in [5, 5.41) is 7.42. The van der Waals surface area contributed by atoms with Crippen LogP contribution in [0.3, 0.4) is 0 Å². The lowest BCUT2D eigenvalue weighted by molar-refractivity contribution is -0.134. The van der Waals surface area contributed by atoms with Crippen molar-refractivity contribution in [2.75, 3.05) is 6.54 Å². The average molecular weight is 229 g/mol. The molecule has 3 heteroatoms. The van der Waals surface area contributed by atoms with E-state index in [1.54, 1.807) is 0 Å². The first-order chi connectivity index (χ1) is 7.08. The van der Waals surface area contributed by atoms with Crippen molar-refractivity contribution >= 4 is 5.97 Å². The lowest BCUT2D eigenvalue weighted by Gasteiger charge is -2.44. The van der Waals surface area contributed by atoms with Crippen LogP contribution in [0.1, 0.15) is 53.9 Å². The monoisotopic (exact) mass is 229 g/mol. The van der Waals surface area contributed by atoms with E-state index in [2.05, 4.69) is 27.7 Å². The van der Waals surface area contributed by atoms with Crippen molar-refractivity contribution < 1.29 is 9.90 Å². The Balaban J connectivity index is 0.000000487. The molecule has 3 N–H and O–H groups in total. The molecule has 1 aliphatic carbocycles.